The highest BCUT2D eigenvalue weighted by Crippen LogP contribution is 2.21. The molecule has 0 aromatic carbocycles. The first-order valence-electron chi connectivity index (χ1n) is 7.99. The Kier molecular flexibility index (Phi) is 5.46. The quantitative estimate of drug-likeness (QED) is 0.713. The van der Waals surface area contributed by atoms with Crippen LogP contribution < -0.4 is 5.32 Å². The number of hydrogen-bond acceptors (Lipinski definition) is 3. The Labute approximate surface area is 113 Å². The van der Waals surface area contributed by atoms with Crippen LogP contribution in [0.15, 0.2) is 0 Å². The van der Waals surface area contributed by atoms with Gasteiger partial charge in [-0.05, 0) is 38.8 Å². The van der Waals surface area contributed by atoms with Crippen molar-refractivity contribution in [2.75, 3.05) is 32.7 Å². The van der Waals surface area contributed by atoms with E-state index in [9.17, 15) is 0 Å². The Morgan fingerprint density at radius 3 is 2.44 bits per heavy atom. The molecule has 18 heavy (non-hydrogen) atoms. The zero-order valence-corrected chi connectivity index (χ0v) is 12.5. The van der Waals surface area contributed by atoms with Gasteiger partial charge in [-0.25, -0.2) is 0 Å². The zero-order chi connectivity index (χ0) is 13.0. The minimum Gasteiger partial charge on any atom is -0.312 e. The molecular weight excluding hydrogens is 222 g/mol. The summed E-state index contributed by atoms with van der Waals surface area (Å²) in [6.07, 6.45) is 5.45. The third-order valence-electron chi connectivity index (χ3n) is 4.73. The van der Waals surface area contributed by atoms with Crippen LogP contribution in [-0.2, 0) is 0 Å². The predicted molar refractivity (Wildman–Crippen MR) is 78.0 cm³/mol. The Hall–Kier alpha value is -0.120. The monoisotopic (exact) mass is 253 g/mol. The van der Waals surface area contributed by atoms with Crippen LogP contribution in [0.3, 0.4) is 0 Å². The lowest BCUT2D eigenvalue weighted by Gasteiger charge is -2.30. The van der Waals surface area contributed by atoms with Gasteiger partial charge in [-0.1, -0.05) is 20.8 Å². The molecule has 1 aliphatic carbocycles. The third-order valence-corrected chi connectivity index (χ3v) is 4.73. The molecule has 1 saturated heterocycles. The Balaban J connectivity index is 1.77. The van der Waals surface area contributed by atoms with E-state index in [1.807, 2.05) is 0 Å². The van der Waals surface area contributed by atoms with E-state index in [0.717, 1.165) is 18.1 Å². The van der Waals surface area contributed by atoms with Gasteiger partial charge in [0.05, 0.1) is 0 Å². The fourth-order valence-electron chi connectivity index (χ4n) is 3.26. The average Bonchev–Trinajstić information content (AvgIpc) is 3.10. The first-order chi connectivity index (χ1) is 8.78. The van der Waals surface area contributed by atoms with E-state index in [-0.39, 0.29) is 0 Å². The van der Waals surface area contributed by atoms with Gasteiger partial charge in [-0.15, -0.1) is 0 Å². The van der Waals surface area contributed by atoms with Crippen molar-refractivity contribution in [1.82, 2.24) is 15.1 Å². The molecule has 0 amide bonds. The minimum atomic E-state index is 0.756. The van der Waals surface area contributed by atoms with E-state index in [4.69, 9.17) is 0 Å². The van der Waals surface area contributed by atoms with Crippen molar-refractivity contribution in [2.45, 2.75) is 64.6 Å². The van der Waals surface area contributed by atoms with E-state index in [2.05, 4.69) is 35.9 Å². The summed E-state index contributed by atoms with van der Waals surface area (Å²) in [6.45, 7) is 13.1. The Bertz CT molecular complexity index is 236. The molecule has 106 valence electrons. The van der Waals surface area contributed by atoms with Crippen LogP contribution in [0.25, 0.3) is 0 Å². The summed E-state index contributed by atoms with van der Waals surface area (Å²) in [4.78, 5) is 5.35. The average molecular weight is 253 g/mol. The van der Waals surface area contributed by atoms with E-state index < -0.39 is 0 Å². The van der Waals surface area contributed by atoms with Gasteiger partial charge in [-0.3, -0.25) is 9.80 Å². The van der Waals surface area contributed by atoms with Crippen LogP contribution in [0, 0.1) is 0 Å². The van der Waals surface area contributed by atoms with Gasteiger partial charge >= 0.3 is 0 Å². The highest BCUT2D eigenvalue weighted by Gasteiger charge is 2.30. The molecule has 0 spiro atoms. The van der Waals surface area contributed by atoms with Gasteiger partial charge < -0.3 is 5.32 Å². The fourth-order valence-corrected chi connectivity index (χ4v) is 3.26. The van der Waals surface area contributed by atoms with Crippen LogP contribution >= 0.6 is 0 Å². The van der Waals surface area contributed by atoms with Crippen LogP contribution in [0.2, 0.25) is 0 Å². The van der Waals surface area contributed by atoms with E-state index in [0.29, 0.717) is 0 Å². The normalized spacial score (nSPS) is 27.0. The molecule has 1 N–H and O–H groups in total. The zero-order valence-electron chi connectivity index (χ0n) is 12.5. The van der Waals surface area contributed by atoms with Crippen molar-refractivity contribution in [3.8, 4) is 0 Å². The van der Waals surface area contributed by atoms with Crippen molar-refractivity contribution in [1.29, 1.82) is 0 Å². The van der Waals surface area contributed by atoms with Gasteiger partial charge in [0.25, 0.3) is 0 Å². The molecule has 0 aromatic rings. The van der Waals surface area contributed by atoms with Crippen molar-refractivity contribution in [3.63, 3.8) is 0 Å². The molecule has 2 rings (SSSR count). The second-order valence-electron chi connectivity index (χ2n) is 5.90. The maximum Gasteiger partial charge on any atom is 0.0235 e. The second kappa shape index (κ2) is 6.88. The Morgan fingerprint density at radius 1 is 1.17 bits per heavy atom. The molecule has 1 heterocycles. The maximum absolute atomic E-state index is 3.70. The van der Waals surface area contributed by atoms with E-state index in [1.54, 1.807) is 0 Å². The van der Waals surface area contributed by atoms with Crippen molar-refractivity contribution in [2.24, 2.45) is 0 Å². The second-order valence-corrected chi connectivity index (χ2v) is 5.90. The minimum absolute atomic E-state index is 0.756. The molecule has 2 fully saturated rings. The molecule has 1 saturated carbocycles. The number of likely N-dealkylation sites (N-methyl/N-ethyl adjacent to an activating group) is 1. The molecule has 0 bridgehead atoms. The number of hydrogen-bond donors (Lipinski definition) is 1. The SMILES string of the molecule is CCC(CNC1CC1)N1CCC(N(CC)CC)C1. The molecule has 0 aromatic heterocycles. The molecule has 1 aliphatic heterocycles. The van der Waals surface area contributed by atoms with Crippen molar-refractivity contribution >= 4 is 0 Å². The number of nitrogens with zero attached hydrogens (tertiary/aromatic N) is 2. The summed E-state index contributed by atoms with van der Waals surface area (Å²) in [5.74, 6) is 0. The lowest BCUT2D eigenvalue weighted by Crippen LogP contribution is -2.44. The van der Waals surface area contributed by atoms with Crippen LogP contribution in [0.5, 0.6) is 0 Å². The van der Waals surface area contributed by atoms with E-state index >= 15 is 0 Å². The molecule has 3 nitrogen and oxygen atoms in total. The fraction of sp³-hybridized carbons (Fsp3) is 1.00. The highest BCUT2D eigenvalue weighted by atomic mass is 15.3. The molecular formula is C15H31N3. The van der Waals surface area contributed by atoms with Gasteiger partial charge in [0.15, 0.2) is 0 Å². The number of nitrogens with one attached hydrogen (secondary N) is 1. The summed E-state index contributed by atoms with van der Waals surface area (Å²) in [5, 5.41) is 3.70. The molecule has 2 unspecified atom stereocenters. The lowest BCUT2D eigenvalue weighted by molar-refractivity contribution is 0.182. The lowest BCUT2D eigenvalue weighted by atomic mass is 10.2. The Morgan fingerprint density at radius 2 is 1.89 bits per heavy atom. The first kappa shape index (κ1) is 14.3. The van der Waals surface area contributed by atoms with Gasteiger partial charge in [0, 0.05) is 37.8 Å². The molecule has 2 atom stereocenters. The summed E-state index contributed by atoms with van der Waals surface area (Å²) in [6, 6.07) is 2.40. The number of likely N-dealkylation sites (tertiary alicyclic amines) is 1. The topological polar surface area (TPSA) is 18.5 Å². The summed E-state index contributed by atoms with van der Waals surface area (Å²) >= 11 is 0. The number of rotatable bonds is 8. The van der Waals surface area contributed by atoms with Crippen LogP contribution in [-0.4, -0.2) is 60.6 Å². The van der Waals surface area contributed by atoms with Crippen LogP contribution in [0.1, 0.15) is 46.5 Å². The van der Waals surface area contributed by atoms with Crippen molar-refractivity contribution in [3.05, 3.63) is 0 Å². The van der Waals surface area contributed by atoms with Crippen LogP contribution in [0.4, 0.5) is 0 Å². The molecule has 2 aliphatic rings. The summed E-state index contributed by atoms with van der Waals surface area (Å²) < 4.78 is 0. The van der Waals surface area contributed by atoms with E-state index in [1.165, 1.54) is 58.4 Å². The summed E-state index contributed by atoms with van der Waals surface area (Å²) in [7, 11) is 0. The third kappa shape index (κ3) is 3.69. The smallest absolute Gasteiger partial charge is 0.0235 e. The van der Waals surface area contributed by atoms with Gasteiger partial charge in [0.2, 0.25) is 0 Å². The van der Waals surface area contributed by atoms with Gasteiger partial charge in [-0.2, -0.15) is 0 Å². The summed E-state index contributed by atoms with van der Waals surface area (Å²) in [5.41, 5.74) is 0. The van der Waals surface area contributed by atoms with Crippen molar-refractivity contribution < 1.29 is 0 Å². The molecule has 3 heteroatoms. The van der Waals surface area contributed by atoms with Gasteiger partial charge in [0.1, 0.15) is 0 Å². The standard InChI is InChI=1S/C15H31N3/c1-4-14(11-16-13-7-8-13)18-10-9-15(12-18)17(5-2)6-3/h13-16H,4-12H2,1-3H3. The largest absolute Gasteiger partial charge is 0.312 e. The predicted octanol–water partition coefficient (Wildman–Crippen LogP) is 1.93. The maximum atomic E-state index is 3.70. The first-order valence-corrected chi connectivity index (χ1v) is 7.99. The molecule has 0 radical (unpaired) electrons. The highest BCUT2D eigenvalue weighted by molar-refractivity contribution is 4.89.